The molecule has 0 aromatic heterocycles. The number of rotatable bonds is 2. The van der Waals surface area contributed by atoms with Gasteiger partial charge in [0.05, 0.1) is 5.56 Å². The Kier molecular flexibility index (Phi) is 3.29. The maximum absolute atomic E-state index is 12.8. The van der Waals surface area contributed by atoms with Crippen LogP contribution in [0.15, 0.2) is 42.5 Å². The van der Waals surface area contributed by atoms with Crippen molar-refractivity contribution in [1.29, 1.82) is 0 Å². The number of nitrogens with two attached hydrogens (primary N) is 1. The molecule has 21 heavy (non-hydrogen) atoms. The minimum absolute atomic E-state index is 0.0298. The molecule has 1 aliphatic rings. The van der Waals surface area contributed by atoms with Gasteiger partial charge in [0.1, 0.15) is 0 Å². The van der Waals surface area contributed by atoms with Gasteiger partial charge in [-0.3, -0.25) is 4.79 Å². The van der Waals surface area contributed by atoms with Crippen molar-refractivity contribution in [1.82, 2.24) is 4.90 Å². The average molecular weight is 281 g/mol. The SMILES string of the molecule is CN(C)c1ccc(N)cc1C(=O)N1Cc2ccccc2C1. The van der Waals surface area contributed by atoms with Gasteiger partial charge >= 0.3 is 0 Å². The number of amides is 1. The molecule has 0 aliphatic carbocycles. The molecule has 0 atom stereocenters. The van der Waals surface area contributed by atoms with E-state index < -0.39 is 0 Å². The van der Waals surface area contributed by atoms with Crippen molar-refractivity contribution in [2.24, 2.45) is 0 Å². The molecule has 2 N–H and O–H groups in total. The van der Waals surface area contributed by atoms with E-state index in [1.165, 1.54) is 11.1 Å². The van der Waals surface area contributed by atoms with Crippen LogP contribution in [0.4, 0.5) is 11.4 Å². The third-order valence-electron chi connectivity index (χ3n) is 3.86. The molecule has 0 spiro atoms. The molecular weight excluding hydrogens is 262 g/mol. The lowest BCUT2D eigenvalue weighted by molar-refractivity contribution is 0.0752. The molecule has 1 heterocycles. The van der Waals surface area contributed by atoms with Crippen molar-refractivity contribution in [2.45, 2.75) is 13.1 Å². The smallest absolute Gasteiger partial charge is 0.256 e. The van der Waals surface area contributed by atoms with Gasteiger partial charge in [0.25, 0.3) is 5.91 Å². The van der Waals surface area contributed by atoms with Crippen LogP contribution in [0.5, 0.6) is 0 Å². The fourth-order valence-corrected chi connectivity index (χ4v) is 2.76. The van der Waals surface area contributed by atoms with E-state index in [2.05, 4.69) is 12.1 Å². The highest BCUT2D eigenvalue weighted by atomic mass is 16.2. The van der Waals surface area contributed by atoms with Crippen LogP contribution in [-0.4, -0.2) is 24.9 Å². The molecule has 0 bridgehead atoms. The van der Waals surface area contributed by atoms with E-state index in [-0.39, 0.29) is 5.91 Å². The van der Waals surface area contributed by atoms with E-state index in [0.29, 0.717) is 24.3 Å². The molecule has 4 nitrogen and oxygen atoms in total. The summed E-state index contributed by atoms with van der Waals surface area (Å²) >= 11 is 0. The molecule has 0 saturated heterocycles. The van der Waals surface area contributed by atoms with Crippen molar-refractivity contribution in [3.05, 3.63) is 59.2 Å². The maximum Gasteiger partial charge on any atom is 0.256 e. The number of hydrogen-bond donors (Lipinski definition) is 1. The van der Waals surface area contributed by atoms with Gasteiger partial charge in [-0.2, -0.15) is 0 Å². The molecule has 0 saturated carbocycles. The second kappa shape index (κ2) is 5.13. The van der Waals surface area contributed by atoms with E-state index in [1.54, 1.807) is 6.07 Å². The van der Waals surface area contributed by atoms with Gasteiger partial charge in [-0.1, -0.05) is 24.3 Å². The van der Waals surface area contributed by atoms with E-state index in [9.17, 15) is 4.79 Å². The number of nitrogens with zero attached hydrogens (tertiary/aromatic N) is 2. The van der Waals surface area contributed by atoms with Crippen LogP contribution in [0, 0.1) is 0 Å². The predicted octanol–water partition coefficient (Wildman–Crippen LogP) is 2.49. The first-order valence-electron chi connectivity index (χ1n) is 6.99. The molecule has 1 amide bonds. The number of nitrogen functional groups attached to an aromatic ring is 1. The summed E-state index contributed by atoms with van der Waals surface area (Å²) in [6, 6.07) is 13.7. The minimum Gasteiger partial charge on any atom is -0.399 e. The monoisotopic (exact) mass is 281 g/mol. The van der Waals surface area contributed by atoms with Gasteiger partial charge in [0.2, 0.25) is 0 Å². The van der Waals surface area contributed by atoms with Crippen LogP contribution in [-0.2, 0) is 13.1 Å². The average Bonchev–Trinajstić information content (AvgIpc) is 2.89. The van der Waals surface area contributed by atoms with Gasteiger partial charge in [-0.15, -0.1) is 0 Å². The summed E-state index contributed by atoms with van der Waals surface area (Å²) in [5, 5.41) is 0. The van der Waals surface area contributed by atoms with Gasteiger partial charge in [0, 0.05) is 38.6 Å². The second-order valence-corrected chi connectivity index (χ2v) is 5.60. The van der Waals surface area contributed by atoms with Crippen LogP contribution < -0.4 is 10.6 Å². The Hall–Kier alpha value is -2.49. The van der Waals surface area contributed by atoms with Crippen LogP contribution >= 0.6 is 0 Å². The molecule has 108 valence electrons. The molecule has 4 heteroatoms. The number of fused-ring (bicyclic) bond motifs is 1. The third kappa shape index (κ3) is 2.44. The Bertz CT molecular complexity index is 669. The largest absolute Gasteiger partial charge is 0.399 e. The second-order valence-electron chi connectivity index (χ2n) is 5.60. The zero-order chi connectivity index (χ0) is 15.0. The quantitative estimate of drug-likeness (QED) is 0.860. The van der Waals surface area contributed by atoms with Crippen molar-refractivity contribution in [3.8, 4) is 0 Å². The fraction of sp³-hybridized carbons (Fsp3) is 0.235. The molecule has 2 aromatic carbocycles. The fourth-order valence-electron chi connectivity index (χ4n) is 2.76. The van der Waals surface area contributed by atoms with E-state index in [1.807, 2.05) is 48.2 Å². The molecule has 3 rings (SSSR count). The Morgan fingerprint density at radius 1 is 1.10 bits per heavy atom. The van der Waals surface area contributed by atoms with E-state index in [0.717, 1.165) is 5.69 Å². The first-order chi connectivity index (χ1) is 10.1. The van der Waals surface area contributed by atoms with E-state index in [4.69, 9.17) is 5.73 Å². The summed E-state index contributed by atoms with van der Waals surface area (Å²) in [6.07, 6.45) is 0. The Balaban J connectivity index is 1.92. The van der Waals surface area contributed by atoms with Crippen LogP contribution in [0.2, 0.25) is 0 Å². The highest BCUT2D eigenvalue weighted by Crippen LogP contribution is 2.28. The van der Waals surface area contributed by atoms with Crippen LogP contribution in [0.1, 0.15) is 21.5 Å². The predicted molar refractivity (Wildman–Crippen MR) is 85.2 cm³/mol. The van der Waals surface area contributed by atoms with Crippen molar-refractivity contribution in [2.75, 3.05) is 24.7 Å². The van der Waals surface area contributed by atoms with Gasteiger partial charge < -0.3 is 15.5 Å². The summed E-state index contributed by atoms with van der Waals surface area (Å²) in [6.45, 7) is 1.33. The van der Waals surface area contributed by atoms with Gasteiger partial charge in [0.15, 0.2) is 0 Å². The highest BCUT2D eigenvalue weighted by Gasteiger charge is 2.26. The summed E-state index contributed by atoms with van der Waals surface area (Å²) < 4.78 is 0. The molecule has 2 aromatic rings. The topological polar surface area (TPSA) is 49.6 Å². The van der Waals surface area contributed by atoms with Gasteiger partial charge in [-0.05, 0) is 29.3 Å². The third-order valence-corrected chi connectivity index (χ3v) is 3.86. The molecule has 0 unspecified atom stereocenters. The van der Waals surface area contributed by atoms with Crippen molar-refractivity contribution >= 4 is 17.3 Å². The zero-order valence-electron chi connectivity index (χ0n) is 12.3. The maximum atomic E-state index is 12.8. The summed E-state index contributed by atoms with van der Waals surface area (Å²) in [5.41, 5.74) is 10.5. The Morgan fingerprint density at radius 2 is 1.71 bits per heavy atom. The number of carbonyl (C=O) groups excluding carboxylic acids is 1. The van der Waals surface area contributed by atoms with E-state index >= 15 is 0 Å². The number of anilines is 2. The summed E-state index contributed by atoms with van der Waals surface area (Å²) in [4.78, 5) is 16.6. The Morgan fingerprint density at radius 3 is 2.29 bits per heavy atom. The lowest BCUT2D eigenvalue weighted by Gasteiger charge is -2.21. The molecule has 0 radical (unpaired) electrons. The zero-order valence-corrected chi connectivity index (χ0v) is 12.3. The molecular formula is C17H19N3O. The minimum atomic E-state index is 0.0298. The first kappa shape index (κ1) is 13.5. The first-order valence-corrected chi connectivity index (χ1v) is 6.99. The highest BCUT2D eigenvalue weighted by molar-refractivity contribution is 6.00. The van der Waals surface area contributed by atoms with Crippen LogP contribution in [0.3, 0.4) is 0 Å². The lowest BCUT2D eigenvalue weighted by atomic mass is 10.1. The Labute approximate surface area is 124 Å². The van der Waals surface area contributed by atoms with Gasteiger partial charge in [-0.25, -0.2) is 0 Å². The summed E-state index contributed by atoms with van der Waals surface area (Å²) in [5.74, 6) is 0.0298. The molecule has 0 fully saturated rings. The van der Waals surface area contributed by atoms with Crippen molar-refractivity contribution < 1.29 is 4.79 Å². The normalized spacial score (nSPS) is 13.1. The van der Waals surface area contributed by atoms with Crippen molar-refractivity contribution in [3.63, 3.8) is 0 Å². The molecule has 1 aliphatic heterocycles. The number of hydrogen-bond acceptors (Lipinski definition) is 3. The summed E-state index contributed by atoms with van der Waals surface area (Å²) in [7, 11) is 3.86. The standard InChI is InChI=1S/C17H19N3O/c1-19(2)16-8-7-14(18)9-15(16)17(21)20-10-12-5-3-4-6-13(12)11-20/h3-9H,10-11,18H2,1-2H3. The number of carbonyl (C=O) groups is 1. The number of benzene rings is 2. The lowest BCUT2D eigenvalue weighted by Crippen LogP contribution is -2.27. The van der Waals surface area contributed by atoms with Crippen LogP contribution in [0.25, 0.3) is 0 Å².